The number of nitrogen functional groups attached to an aromatic ring is 1. The molecule has 0 aliphatic carbocycles. The monoisotopic (exact) mass is 462 g/mol. The molecule has 2 aliphatic heterocycles. The van der Waals surface area contributed by atoms with Gasteiger partial charge in [-0.3, -0.25) is 14.7 Å². The Morgan fingerprint density at radius 1 is 1.15 bits per heavy atom. The minimum atomic E-state index is -0.0790. The van der Waals surface area contributed by atoms with Gasteiger partial charge in [-0.05, 0) is 25.0 Å². The molecule has 0 unspecified atom stereocenters. The van der Waals surface area contributed by atoms with E-state index in [1.54, 1.807) is 29.2 Å². The van der Waals surface area contributed by atoms with Gasteiger partial charge in [0.1, 0.15) is 12.1 Å². The molecule has 0 saturated carbocycles. The number of rotatable bonds is 4. The number of urea groups is 1. The standard InChI is InChI=1S/C23H26N8O3/c1-29-12-15-11-25-18-4-3-17(14-9-26-22(24)27-10-14)28-20(18)21(15)31(23(29)33)16-5-7-30(8-6-16)19(32)13-34-2/h3-4,9-11,16H,5-8,12-13H2,1-2H3,(H2,24,26,27). The number of aromatic nitrogens is 4. The number of pyridine rings is 2. The van der Waals surface area contributed by atoms with Crippen LogP contribution in [0.2, 0.25) is 0 Å². The lowest BCUT2D eigenvalue weighted by atomic mass is 9.99. The van der Waals surface area contributed by atoms with Gasteiger partial charge in [0, 0.05) is 63.0 Å². The number of nitrogens with two attached hydrogens (primary N) is 1. The molecule has 0 aromatic carbocycles. The summed E-state index contributed by atoms with van der Waals surface area (Å²) in [6.07, 6.45) is 6.41. The summed E-state index contributed by atoms with van der Waals surface area (Å²) in [5.41, 5.74) is 10.1. The average Bonchev–Trinajstić information content (AvgIpc) is 2.85. The fraction of sp³-hybridized carbons (Fsp3) is 0.391. The van der Waals surface area contributed by atoms with Crippen molar-refractivity contribution in [1.29, 1.82) is 0 Å². The van der Waals surface area contributed by atoms with Gasteiger partial charge in [0.25, 0.3) is 0 Å². The topological polar surface area (TPSA) is 131 Å². The van der Waals surface area contributed by atoms with Crippen molar-refractivity contribution in [3.8, 4) is 11.3 Å². The van der Waals surface area contributed by atoms with Crippen molar-refractivity contribution < 1.29 is 14.3 Å². The van der Waals surface area contributed by atoms with Crippen molar-refractivity contribution in [2.45, 2.75) is 25.4 Å². The third kappa shape index (κ3) is 3.87. The highest BCUT2D eigenvalue weighted by Gasteiger charge is 2.37. The Kier molecular flexibility index (Phi) is 5.70. The molecule has 3 aromatic rings. The lowest BCUT2D eigenvalue weighted by molar-refractivity contribution is -0.136. The number of hydrogen-bond acceptors (Lipinski definition) is 8. The zero-order chi connectivity index (χ0) is 23.8. The molecule has 3 aromatic heterocycles. The summed E-state index contributed by atoms with van der Waals surface area (Å²) < 4.78 is 4.99. The van der Waals surface area contributed by atoms with Gasteiger partial charge in [0.2, 0.25) is 11.9 Å². The predicted molar refractivity (Wildman–Crippen MR) is 126 cm³/mol. The van der Waals surface area contributed by atoms with Crippen LogP contribution in [0.4, 0.5) is 16.4 Å². The molecular weight excluding hydrogens is 436 g/mol. The lowest BCUT2D eigenvalue weighted by Crippen LogP contribution is -2.54. The Balaban J connectivity index is 1.54. The van der Waals surface area contributed by atoms with Gasteiger partial charge in [-0.15, -0.1) is 0 Å². The fourth-order valence-electron chi connectivity index (χ4n) is 4.64. The summed E-state index contributed by atoms with van der Waals surface area (Å²) in [6, 6.07) is 3.61. The lowest BCUT2D eigenvalue weighted by Gasteiger charge is -2.43. The number of piperidine rings is 1. The van der Waals surface area contributed by atoms with Crippen molar-refractivity contribution in [1.82, 2.24) is 29.7 Å². The molecular formula is C23H26N8O3. The van der Waals surface area contributed by atoms with Gasteiger partial charge in [0.15, 0.2) is 0 Å². The molecule has 11 heteroatoms. The molecule has 2 aliphatic rings. The minimum absolute atomic E-state index is 0.0323. The third-order valence-corrected chi connectivity index (χ3v) is 6.36. The number of hydrogen-bond donors (Lipinski definition) is 1. The number of likely N-dealkylation sites (tertiary alicyclic amines) is 1. The van der Waals surface area contributed by atoms with E-state index in [-0.39, 0.29) is 30.5 Å². The summed E-state index contributed by atoms with van der Waals surface area (Å²) >= 11 is 0. The molecule has 5 rings (SSSR count). The summed E-state index contributed by atoms with van der Waals surface area (Å²) in [5, 5.41) is 0. The molecule has 0 spiro atoms. The Morgan fingerprint density at radius 2 is 1.88 bits per heavy atom. The second-order valence-electron chi connectivity index (χ2n) is 8.58. The molecule has 1 fully saturated rings. The van der Waals surface area contributed by atoms with Crippen LogP contribution in [-0.2, 0) is 16.1 Å². The first-order valence-electron chi connectivity index (χ1n) is 11.1. The van der Waals surface area contributed by atoms with Crippen LogP contribution in [0.1, 0.15) is 18.4 Å². The van der Waals surface area contributed by atoms with Gasteiger partial charge < -0.3 is 20.3 Å². The second kappa shape index (κ2) is 8.82. The quantitative estimate of drug-likeness (QED) is 0.620. The van der Waals surface area contributed by atoms with Crippen molar-refractivity contribution in [2.75, 3.05) is 44.5 Å². The molecule has 0 radical (unpaired) electrons. The molecule has 2 N–H and O–H groups in total. The highest BCUT2D eigenvalue weighted by molar-refractivity contribution is 6.04. The molecule has 34 heavy (non-hydrogen) atoms. The van der Waals surface area contributed by atoms with E-state index in [1.165, 1.54) is 7.11 Å². The van der Waals surface area contributed by atoms with E-state index in [9.17, 15) is 9.59 Å². The SMILES string of the molecule is COCC(=O)N1CCC(N2C(=O)N(C)Cc3cnc4ccc(-c5cnc(N)nc5)nc4c32)CC1. The van der Waals surface area contributed by atoms with Gasteiger partial charge in [-0.2, -0.15) is 0 Å². The number of amides is 3. The highest BCUT2D eigenvalue weighted by atomic mass is 16.5. The van der Waals surface area contributed by atoms with Crippen LogP contribution in [0.3, 0.4) is 0 Å². The van der Waals surface area contributed by atoms with Crippen LogP contribution in [-0.4, -0.2) is 81.6 Å². The van der Waals surface area contributed by atoms with E-state index in [0.29, 0.717) is 49.2 Å². The number of anilines is 2. The fourth-order valence-corrected chi connectivity index (χ4v) is 4.64. The van der Waals surface area contributed by atoms with Gasteiger partial charge in [0.05, 0.1) is 23.4 Å². The van der Waals surface area contributed by atoms with Gasteiger partial charge in [-0.25, -0.2) is 19.7 Å². The third-order valence-electron chi connectivity index (χ3n) is 6.36. The largest absolute Gasteiger partial charge is 0.375 e. The molecule has 1 saturated heterocycles. The molecule has 176 valence electrons. The first-order valence-corrected chi connectivity index (χ1v) is 11.1. The van der Waals surface area contributed by atoms with Crippen LogP contribution >= 0.6 is 0 Å². The first-order chi connectivity index (χ1) is 16.5. The average molecular weight is 463 g/mol. The van der Waals surface area contributed by atoms with Crippen LogP contribution in [0, 0.1) is 0 Å². The normalized spacial score (nSPS) is 16.8. The maximum Gasteiger partial charge on any atom is 0.324 e. The van der Waals surface area contributed by atoms with E-state index in [1.807, 2.05) is 23.2 Å². The van der Waals surface area contributed by atoms with E-state index < -0.39 is 0 Å². The van der Waals surface area contributed by atoms with E-state index in [2.05, 4.69) is 15.0 Å². The number of ether oxygens (including phenoxy) is 1. The Bertz CT molecular complexity index is 1240. The maximum atomic E-state index is 13.4. The zero-order valence-corrected chi connectivity index (χ0v) is 19.1. The Labute approximate surface area is 196 Å². The van der Waals surface area contributed by atoms with E-state index >= 15 is 0 Å². The summed E-state index contributed by atoms with van der Waals surface area (Å²) in [5.74, 6) is 0.161. The van der Waals surface area contributed by atoms with Crippen molar-refractivity contribution >= 4 is 34.6 Å². The number of methoxy groups -OCH3 is 1. The maximum absolute atomic E-state index is 13.4. The second-order valence-corrected chi connectivity index (χ2v) is 8.58. The van der Waals surface area contributed by atoms with E-state index in [4.69, 9.17) is 15.5 Å². The Morgan fingerprint density at radius 3 is 2.59 bits per heavy atom. The number of carbonyl (C=O) groups excluding carboxylic acids is 2. The van der Waals surface area contributed by atoms with Crippen LogP contribution in [0.25, 0.3) is 22.3 Å². The summed E-state index contributed by atoms with van der Waals surface area (Å²) in [6.45, 7) is 1.66. The Hall–Kier alpha value is -3.86. The summed E-state index contributed by atoms with van der Waals surface area (Å²) in [7, 11) is 3.30. The number of carbonyl (C=O) groups is 2. The first kappa shape index (κ1) is 22.0. The number of nitrogens with zero attached hydrogens (tertiary/aromatic N) is 7. The predicted octanol–water partition coefficient (Wildman–Crippen LogP) is 1.68. The van der Waals surface area contributed by atoms with Crippen LogP contribution in [0.5, 0.6) is 0 Å². The van der Waals surface area contributed by atoms with Crippen molar-refractivity contribution in [3.05, 3.63) is 36.3 Å². The molecule has 3 amide bonds. The smallest absolute Gasteiger partial charge is 0.324 e. The van der Waals surface area contributed by atoms with E-state index in [0.717, 1.165) is 16.8 Å². The van der Waals surface area contributed by atoms with Crippen LogP contribution < -0.4 is 10.6 Å². The van der Waals surface area contributed by atoms with Gasteiger partial charge >= 0.3 is 6.03 Å². The molecule has 5 heterocycles. The van der Waals surface area contributed by atoms with Crippen molar-refractivity contribution in [3.63, 3.8) is 0 Å². The minimum Gasteiger partial charge on any atom is -0.375 e. The van der Waals surface area contributed by atoms with Gasteiger partial charge in [-0.1, -0.05) is 0 Å². The molecule has 0 bridgehead atoms. The zero-order valence-electron chi connectivity index (χ0n) is 19.1. The van der Waals surface area contributed by atoms with Crippen LogP contribution in [0.15, 0.2) is 30.7 Å². The summed E-state index contributed by atoms with van der Waals surface area (Å²) in [4.78, 5) is 48.6. The molecule has 11 nitrogen and oxygen atoms in total. The molecule has 0 atom stereocenters. The van der Waals surface area contributed by atoms with Crippen molar-refractivity contribution in [2.24, 2.45) is 0 Å². The number of fused-ring (bicyclic) bond motifs is 3. The highest BCUT2D eigenvalue weighted by Crippen LogP contribution is 2.37.